The quantitative estimate of drug-likeness (QED) is 0.557. The maximum atomic E-state index is 12.6. The summed E-state index contributed by atoms with van der Waals surface area (Å²) in [6.45, 7) is 2.25. The van der Waals surface area contributed by atoms with Crippen LogP contribution in [0.2, 0.25) is 0 Å². The SMILES string of the molecule is O=C(O)CCN1CCc2nc(-c3ccc(OCc4ccc(C(F)F)cc4)cc3)ncc2C1. The first-order valence-corrected chi connectivity index (χ1v) is 10.4. The van der Waals surface area contributed by atoms with Crippen molar-refractivity contribution in [2.24, 2.45) is 0 Å². The van der Waals surface area contributed by atoms with E-state index in [2.05, 4.69) is 9.88 Å². The van der Waals surface area contributed by atoms with Gasteiger partial charge in [0, 0.05) is 48.9 Å². The third kappa shape index (κ3) is 5.45. The monoisotopic (exact) mass is 439 g/mol. The summed E-state index contributed by atoms with van der Waals surface area (Å²) in [7, 11) is 0. The number of halogens is 2. The van der Waals surface area contributed by atoms with E-state index < -0.39 is 12.4 Å². The summed E-state index contributed by atoms with van der Waals surface area (Å²) in [5.74, 6) is 0.509. The third-order valence-electron chi connectivity index (χ3n) is 5.40. The van der Waals surface area contributed by atoms with Gasteiger partial charge in [0.1, 0.15) is 12.4 Å². The molecule has 6 nitrogen and oxygen atoms in total. The van der Waals surface area contributed by atoms with Gasteiger partial charge in [-0.25, -0.2) is 18.7 Å². The molecule has 8 heteroatoms. The van der Waals surface area contributed by atoms with E-state index in [1.807, 2.05) is 30.5 Å². The summed E-state index contributed by atoms with van der Waals surface area (Å²) in [6, 6.07) is 13.5. The zero-order chi connectivity index (χ0) is 22.5. The first kappa shape index (κ1) is 21.8. The Labute approximate surface area is 184 Å². The predicted octanol–water partition coefficient (Wildman–Crippen LogP) is 4.49. The van der Waals surface area contributed by atoms with E-state index in [1.54, 1.807) is 12.1 Å². The number of hydrogen-bond acceptors (Lipinski definition) is 5. The lowest BCUT2D eigenvalue weighted by atomic mass is 10.1. The van der Waals surface area contributed by atoms with Crippen molar-refractivity contribution in [2.45, 2.75) is 32.4 Å². The molecule has 0 saturated carbocycles. The first-order chi connectivity index (χ1) is 15.5. The molecule has 2 heterocycles. The van der Waals surface area contributed by atoms with Gasteiger partial charge in [-0.15, -0.1) is 0 Å². The Morgan fingerprint density at radius 1 is 1.12 bits per heavy atom. The number of ether oxygens (including phenoxy) is 1. The second-order valence-electron chi connectivity index (χ2n) is 7.69. The van der Waals surface area contributed by atoms with Crippen LogP contribution in [-0.4, -0.2) is 39.0 Å². The van der Waals surface area contributed by atoms with Crippen molar-refractivity contribution in [3.8, 4) is 17.1 Å². The molecule has 0 atom stereocenters. The highest BCUT2D eigenvalue weighted by Crippen LogP contribution is 2.24. The number of fused-ring (bicyclic) bond motifs is 1. The van der Waals surface area contributed by atoms with Crippen LogP contribution >= 0.6 is 0 Å². The summed E-state index contributed by atoms with van der Waals surface area (Å²) >= 11 is 0. The number of nitrogens with zero attached hydrogens (tertiary/aromatic N) is 3. The number of alkyl halides is 2. The number of hydrogen-bond donors (Lipinski definition) is 1. The molecule has 0 unspecified atom stereocenters. The zero-order valence-electron chi connectivity index (χ0n) is 17.4. The van der Waals surface area contributed by atoms with E-state index in [0.717, 1.165) is 35.3 Å². The van der Waals surface area contributed by atoms with E-state index in [1.165, 1.54) is 12.1 Å². The molecule has 4 rings (SSSR count). The topological polar surface area (TPSA) is 75.5 Å². The Bertz CT molecular complexity index is 1070. The lowest BCUT2D eigenvalue weighted by Gasteiger charge is -2.27. The molecule has 0 saturated heterocycles. The van der Waals surface area contributed by atoms with Gasteiger partial charge in [-0.3, -0.25) is 9.69 Å². The van der Waals surface area contributed by atoms with Crippen LogP contribution in [0.15, 0.2) is 54.7 Å². The summed E-state index contributed by atoms with van der Waals surface area (Å²) in [5.41, 5.74) is 3.71. The molecular weight excluding hydrogens is 416 g/mol. The Balaban J connectivity index is 1.36. The number of carboxylic acids is 1. The first-order valence-electron chi connectivity index (χ1n) is 10.4. The second kappa shape index (κ2) is 9.82. The number of aliphatic carboxylic acids is 1. The molecule has 32 heavy (non-hydrogen) atoms. The molecule has 0 radical (unpaired) electrons. The van der Waals surface area contributed by atoms with Crippen LogP contribution in [0.3, 0.4) is 0 Å². The number of benzene rings is 2. The Morgan fingerprint density at radius 3 is 2.56 bits per heavy atom. The molecule has 1 N–H and O–H groups in total. The van der Waals surface area contributed by atoms with Gasteiger partial charge < -0.3 is 9.84 Å². The number of rotatable bonds is 8. The Hall–Kier alpha value is -3.39. The van der Waals surface area contributed by atoms with E-state index in [9.17, 15) is 13.6 Å². The van der Waals surface area contributed by atoms with Gasteiger partial charge in [0.2, 0.25) is 0 Å². The van der Waals surface area contributed by atoms with Crippen molar-refractivity contribution in [2.75, 3.05) is 13.1 Å². The highest BCUT2D eigenvalue weighted by Gasteiger charge is 2.19. The summed E-state index contributed by atoms with van der Waals surface area (Å²) < 4.78 is 31.0. The molecule has 0 amide bonds. The van der Waals surface area contributed by atoms with Gasteiger partial charge >= 0.3 is 5.97 Å². The number of carbonyl (C=O) groups is 1. The number of carboxylic acid groups (broad SMARTS) is 1. The van der Waals surface area contributed by atoms with E-state index in [0.29, 0.717) is 24.7 Å². The van der Waals surface area contributed by atoms with E-state index >= 15 is 0 Å². The minimum absolute atomic E-state index is 0.00359. The van der Waals surface area contributed by atoms with Crippen molar-refractivity contribution in [1.29, 1.82) is 0 Å². The minimum Gasteiger partial charge on any atom is -0.489 e. The molecule has 1 aliphatic rings. The molecule has 2 aromatic carbocycles. The van der Waals surface area contributed by atoms with Crippen LogP contribution in [0.5, 0.6) is 5.75 Å². The molecule has 1 aromatic heterocycles. The molecule has 0 bridgehead atoms. The second-order valence-corrected chi connectivity index (χ2v) is 7.69. The fourth-order valence-electron chi connectivity index (χ4n) is 3.58. The lowest BCUT2D eigenvalue weighted by Crippen LogP contribution is -2.33. The van der Waals surface area contributed by atoms with Gasteiger partial charge in [0.05, 0.1) is 12.1 Å². The standard InChI is InChI=1S/C24H23F2N3O3/c25-23(26)17-3-1-16(2-4-17)15-32-20-7-5-18(6-8-20)24-27-13-19-14-29(12-10-22(30)31)11-9-21(19)28-24/h1-8,13,23H,9-12,14-15H2,(H,30,31). The van der Waals surface area contributed by atoms with Crippen LogP contribution in [0.4, 0.5) is 8.78 Å². The molecule has 3 aromatic rings. The minimum atomic E-state index is -2.47. The van der Waals surface area contributed by atoms with Crippen molar-refractivity contribution in [3.63, 3.8) is 0 Å². The lowest BCUT2D eigenvalue weighted by molar-refractivity contribution is -0.137. The van der Waals surface area contributed by atoms with Gasteiger partial charge in [0.15, 0.2) is 5.82 Å². The molecule has 0 aliphatic carbocycles. The molecule has 0 spiro atoms. The molecule has 0 fully saturated rings. The molecule has 1 aliphatic heterocycles. The third-order valence-corrected chi connectivity index (χ3v) is 5.40. The van der Waals surface area contributed by atoms with Gasteiger partial charge in [-0.05, 0) is 29.8 Å². The zero-order valence-corrected chi connectivity index (χ0v) is 17.4. The molecular formula is C24H23F2N3O3. The number of aromatic nitrogens is 2. The van der Waals surface area contributed by atoms with Crippen LogP contribution in [-0.2, 0) is 24.4 Å². The largest absolute Gasteiger partial charge is 0.489 e. The van der Waals surface area contributed by atoms with Crippen LogP contribution in [0.1, 0.15) is 35.2 Å². The Kier molecular flexibility index (Phi) is 6.70. The average Bonchev–Trinajstić information content (AvgIpc) is 2.81. The predicted molar refractivity (Wildman–Crippen MR) is 114 cm³/mol. The van der Waals surface area contributed by atoms with E-state index in [4.69, 9.17) is 14.8 Å². The maximum Gasteiger partial charge on any atom is 0.304 e. The van der Waals surface area contributed by atoms with Gasteiger partial charge in [-0.2, -0.15) is 0 Å². The smallest absolute Gasteiger partial charge is 0.304 e. The van der Waals surface area contributed by atoms with Gasteiger partial charge in [0.25, 0.3) is 6.43 Å². The normalized spacial score (nSPS) is 13.7. The average molecular weight is 439 g/mol. The van der Waals surface area contributed by atoms with Crippen LogP contribution in [0.25, 0.3) is 11.4 Å². The van der Waals surface area contributed by atoms with Gasteiger partial charge in [-0.1, -0.05) is 24.3 Å². The summed E-state index contributed by atoms with van der Waals surface area (Å²) in [5, 5.41) is 8.86. The summed E-state index contributed by atoms with van der Waals surface area (Å²) in [6.07, 6.45) is 0.233. The fourth-order valence-corrected chi connectivity index (χ4v) is 3.58. The molecule has 166 valence electrons. The highest BCUT2D eigenvalue weighted by atomic mass is 19.3. The van der Waals surface area contributed by atoms with Crippen molar-refractivity contribution < 1.29 is 23.4 Å². The summed E-state index contributed by atoms with van der Waals surface area (Å²) in [4.78, 5) is 22.1. The van der Waals surface area contributed by atoms with Crippen molar-refractivity contribution in [3.05, 3.63) is 77.1 Å². The van der Waals surface area contributed by atoms with Crippen LogP contribution in [0, 0.1) is 0 Å². The fraction of sp³-hybridized carbons (Fsp3) is 0.292. The van der Waals surface area contributed by atoms with Crippen molar-refractivity contribution in [1.82, 2.24) is 14.9 Å². The van der Waals surface area contributed by atoms with Crippen LogP contribution < -0.4 is 4.74 Å². The van der Waals surface area contributed by atoms with E-state index in [-0.39, 0.29) is 18.6 Å². The highest BCUT2D eigenvalue weighted by molar-refractivity contribution is 5.66. The Morgan fingerprint density at radius 2 is 1.88 bits per heavy atom. The maximum absolute atomic E-state index is 12.6. The van der Waals surface area contributed by atoms with Crippen molar-refractivity contribution >= 4 is 5.97 Å².